The minimum absolute atomic E-state index is 0.0136. The highest BCUT2D eigenvalue weighted by Crippen LogP contribution is 2.34. The number of piperazine rings is 1. The van der Waals surface area contributed by atoms with E-state index in [1.807, 2.05) is 55.5 Å². The van der Waals surface area contributed by atoms with E-state index in [1.54, 1.807) is 29.2 Å². The molecule has 7 nitrogen and oxygen atoms in total. The summed E-state index contributed by atoms with van der Waals surface area (Å²) in [7, 11) is 0. The lowest BCUT2D eigenvalue weighted by Gasteiger charge is -2.40. The molecule has 1 fully saturated rings. The molecule has 35 heavy (non-hydrogen) atoms. The Kier molecular flexibility index (Phi) is 6.61. The predicted molar refractivity (Wildman–Crippen MR) is 136 cm³/mol. The molecule has 0 amide bonds. The fourth-order valence-electron chi connectivity index (χ4n) is 4.77. The summed E-state index contributed by atoms with van der Waals surface area (Å²) in [5.41, 5.74) is 1.63. The van der Waals surface area contributed by atoms with E-state index < -0.39 is 6.04 Å². The van der Waals surface area contributed by atoms with Crippen LogP contribution in [0.1, 0.15) is 28.6 Å². The largest absolute Gasteiger partial charge is 0.507 e. The number of nitrogens with zero attached hydrogens (tertiary/aromatic N) is 4. The molecule has 0 bridgehead atoms. The first-order valence-corrected chi connectivity index (χ1v) is 12.0. The monoisotopic (exact) mass is 490 g/mol. The second kappa shape index (κ2) is 9.98. The van der Waals surface area contributed by atoms with E-state index in [-0.39, 0.29) is 11.3 Å². The van der Waals surface area contributed by atoms with Crippen molar-refractivity contribution >= 4 is 17.4 Å². The summed E-state index contributed by atoms with van der Waals surface area (Å²) in [6.07, 6.45) is 3.38. The third kappa shape index (κ3) is 4.83. The Hall–Kier alpha value is -3.55. The zero-order valence-corrected chi connectivity index (χ0v) is 20.2. The van der Waals surface area contributed by atoms with Gasteiger partial charge in [0.25, 0.3) is 5.56 Å². The summed E-state index contributed by atoms with van der Waals surface area (Å²) in [6.45, 7) is 4.99. The van der Waals surface area contributed by atoms with Gasteiger partial charge in [-0.25, -0.2) is 4.98 Å². The molecule has 5 rings (SSSR count). The number of pyridine rings is 2. The average Bonchev–Trinajstić information content (AvgIpc) is 3.38. The fourth-order valence-corrected chi connectivity index (χ4v) is 4.97. The molecule has 0 aliphatic carbocycles. The number of aromatic nitrogens is 2. The van der Waals surface area contributed by atoms with Gasteiger partial charge in [-0.1, -0.05) is 29.8 Å². The molecule has 3 aromatic heterocycles. The fraction of sp³-hybridized carbons (Fsp3) is 0.259. The number of rotatable bonds is 6. The maximum absolute atomic E-state index is 13.8. The molecule has 0 saturated carbocycles. The molecule has 1 aliphatic heterocycles. The minimum Gasteiger partial charge on any atom is -0.507 e. The van der Waals surface area contributed by atoms with E-state index in [4.69, 9.17) is 16.0 Å². The van der Waals surface area contributed by atoms with Gasteiger partial charge in [-0.05, 0) is 55.0 Å². The van der Waals surface area contributed by atoms with Crippen molar-refractivity contribution in [3.05, 3.63) is 111 Å². The molecule has 4 heterocycles. The van der Waals surface area contributed by atoms with Crippen molar-refractivity contribution in [2.24, 2.45) is 0 Å². The molecule has 1 N–H and O–H groups in total. The van der Waals surface area contributed by atoms with Crippen LogP contribution < -0.4 is 10.5 Å². The van der Waals surface area contributed by atoms with E-state index in [2.05, 4.69) is 14.8 Å². The quantitative estimate of drug-likeness (QED) is 0.430. The average molecular weight is 491 g/mol. The highest BCUT2D eigenvalue weighted by atomic mass is 35.5. The van der Waals surface area contributed by atoms with Crippen molar-refractivity contribution in [3.63, 3.8) is 0 Å². The lowest BCUT2D eigenvalue weighted by molar-refractivity contribution is 0.207. The molecule has 0 spiro atoms. The van der Waals surface area contributed by atoms with Gasteiger partial charge in [0.05, 0.1) is 24.4 Å². The molecular weight excluding hydrogens is 464 g/mol. The van der Waals surface area contributed by atoms with Gasteiger partial charge in [0.15, 0.2) is 0 Å². The van der Waals surface area contributed by atoms with E-state index >= 15 is 0 Å². The van der Waals surface area contributed by atoms with Crippen molar-refractivity contribution < 1.29 is 9.52 Å². The van der Waals surface area contributed by atoms with Crippen LogP contribution in [-0.2, 0) is 6.54 Å². The maximum Gasteiger partial charge on any atom is 0.260 e. The molecule has 1 aliphatic rings. The summed E-state index contributed by atoms with van der Waals surface area (Å²) in [5.74, 6) is 1.60. The molecule has 8 heteroatoms. The topological polar surface area (TPSA) is 74.7 Å². The number of aryl methyl sites for hydroxylation is 1. The van der Waals surface area contributed by atoms with Crippen LogP contribution >= 0.6 is 11.6 Å². The molecular formula is C27H27ClN4O3. The van der Waals surface area contributed by atoms with Crippen molar-refractivity contribution in [1.82, 2.24) is 14.5 Å². The smallest absolute Gasteiger partial charge is 0.260 e. The Morgan fingerprint density at radius 2 is 1.89 bits per heavy atom. The predicted octanol–water partition coefficient (Wildman–Crippen LogP) is 4.46. The number of halogens is 1. The number of hydrogen-bond acceptors (Lipinski definition) is 6. The van der Waals surface area contributed by atoms with Crippen molar-refractivity contribution in [1.29, 1.82) is 0 Å². The maximum atomic E-state index is 13.8. The van der Waals surface area contributed by atoms with Gasteiger partial charge in [0.1, 0.15) is 17.3 Å². The number of hydrogen-bond donors (Lipinski definition) is 1. The Balaban J connectivity index is 1.54. The highest BCUT2D eigenvalue weighted by Gasteiger charge is 2.32. The molecule has 0 radical (unpaired) electrons. The first-order chi connectivity index (χ1) is 17.0. The second-order valence-electron chi connectivity index (χ2n) is 8.72. The van der Waals surface area contributed by atoms with Gasteiger partial charge in [-0.3, -0.25) is 9.69 Å². The van der Waals surface area contributed by atoms with Gasteiger partial charge >= 0.3 is 0 Å². The first kappa shape index (κ1) is 23.2. The number of furan rings is 1. The van der Waals surface area contributed by atoms with Crippen molar-refractivity contribution in [3.8, 4) is 5.75 Å². The minimum atomic E-state index is -0.449. The van der Waals surface area contributed by atoms with Gasteiger partial charge in [0, 0.05) is 43.1 Å². The van der Waals surface area contributed by atoms with Gasteiger partial charge in [-0.15, -0.1) is 0 Å². The lowest BCUT2D eigenvalue weighted by atomic mass is 9.96. The number of anilines is 1. The first-order valence-electron chi connectivity index (χ1n) is 11.6. The van der Waals surface area contributed by atoms with Crippen LogP contribution in [-0.4, -0.2) is 45.7 Å². The van der Waals surface area contributed by atoms with E-state index in [1.165, 1.54) is 0 Å². The van der Waals surface area contributed by atoms with Gasteiger partial charge in [-0.2, -0.15) is 0 Å². The summed E-state index contributed by atoms with van der Waals surface area (Å²) in [6, 6.07) is 18.2. The SMILES string of the molecule is Cc1cc(O)c(C(c2cccc(Cl)c2)N2CCN(c3ccccn3)CC2)c(=O)n1Cc1ccco1. The molecule has 1 aromatic carbocycles. The van der Waals surface area contributed by atoms with Crippen LogP contribution in [0.15, 0.2) is 82.3 Å². The zero-order valence-electron chi connectivity index (χ0n) is 19.5. The summed E-state index contributed by atoms with van der Waals surface area (Å²) >= 11 is 6.36. The molecule has 1 saturated heterocycles. The van der Waals surface area contributed by atoms with Crippen LogP contribution in [0.25, 0.3) is 0 Å². The molecule has 4 aromatic rings. The Labute approximate surface area is 208 Å². The summed E-state index contributed by atoms with van der Waals surface area (Å²) < 4.78 is 7.14. The number of aromatic hydroxyl groups is 1. The van der Waals surface area contributed by atoms with Gasteiger partial charge < -0.3 is 19.0 Å². The van der Waals surface area contributed by atoms with E-state index in [0.29, 0.717) is 41.7 Å². The summed E-state index contributed by atoms with van der Waals surface area (Å²) in [4.78, 5) is 22.8. The Bertz CT molecular complexity index is 1350. The third-order valence-electron chi connectivity index (χ3n) is 6.51. The molecule has 1 unspecified atom stereocenters. The molecule has 180 valence electrons. The molecule has 1 atom stereocenters. The van der Waals surface area contributed by atoms with Gasteiger partial charge in [0.2, 0.25) is 0 Å². The normalized spacial score (nSPS) is 15.3. The zero-order chi connectivity index (χ0) is 24.4. The van der Waals surface area contributed by atoms with Crippen LogP contribution in [0, 0.1) is 6.92 Å². The number of benzene rings is 1. The standard InChI is InChI=1S/C27H27ClN4O3/c1-19-16-23(33)25(27(34)32(19)18-22-8-5-15-35-22)26(20-6-4-7-21(28)17-20)31-13-11-30(12-14-31)24-9-2-3-10-29-24/h2-10,15-17,26,33H,11-14,18H2,1H3. The van der Waals surface area contributed by atoms with Crippen molar-refractivity contribution in [2.75, 3.05) is 31.1 Å². The Morgan fingerprint density at radius 1 is 1.06 bits per heavy atom. The highest BCUT2D eigenvalue weighted by molar-refractivity contribution is 6.30. The summed E-state index contributed by atoms with van der Waals surface area (Å²) in [5, 5.41) is 11.7. The van der Waals surface area contributed by atoms with E-state index in [9.17, 15) is 9.90 Å². The van der Waals surface area contributed by atoms with Crippen molar-refractivity contribution in [2.45, 2.75) is 19.5 Å². The van der Waals surface area contributed by atoms with Crippen LogP contribution in [0.3, 0.4) is 0 Å². The van der Waals surface area contributed by atoms with Crippen LogP contribution in [0.2, 0.25) is 5.02 Å². The Morgan fingerprint density at radius 3 is 2.57 bits per heavy atom. The third-order valence-corrected chi connectivity index (χ3v) is 6.74. The van der Waals surface area contributed by atoms with Crippen LogP contribution in [0.4, 0.5) is 5.82 Å². The second-order valence-corrected chi connectivity index (χ2v) is 9.16. The lowest BCUT2D eigenvalue weighted by Crippen LogP contribution is -2.49. The van der Waals surface area contributed by atoms with E-state index in [0.717, 1.165) is 24.5 Å². The van der Waals surface area contributed by atoms with Crippen LogP contribution in [0.5, 0.6) is 5.75 Å².